The fraction of sp³-hybridized carbons (Fsp3) is 1.00. The van der Waals surface area contributed by atoms with Gasteiger partial charge in [-0.3, -0.25) is 0 Å². The van der Waals surface area contributed by atoms with Gasteiger partial charge in [0.1, 0.15) is 19.0 Å². The molecule has 0 saturated heterocycles. The first-order valence-corrected chi connectivity index (χ1v) is 3.94. The summed E-state index contributed by atoms with van der Waals surface area (Å²) in [6.07, 6.45) is -1.82. The number of rotatable bonds is 8. The van der Waals surface area contributed by atoms with Crippen LogP contribution in [0.5, 0.6) is 0 Å². The van der Waals surface area contributed by atoms with E-state index in [-0.39, 0.29) is 65.9 Å². The van der Waals surface area contributed by atoms with E-state index in [1.54, 1.807) is 0 Å². The predicted molar refractivity (Wildman–Crippen MR) is 43.0 cm³/mol. The van der Waals surface area contributed by atoms with Crippen molar-refractivity contribution in [3.05, 3.63) is 0 Å². The Balaban J connectivity index is 0. The molecule has 0 aliphatic carbocycles. The fourth-order valence-corrected chi connectivity index (χ4v) is 0.533. The van der Waals surface area contributed by atoms with Crippen molar-refractivity contribution in [1.29, 1.82) is 0 Å². The molecule has 0 spiro atoms. The topological polar surface area (TPSA) is 99.4 Å². The SMILES string of the molecule is OCC(O)COCOCC(O)CO.[Y]. The van der Waals surface area contributed by atoms with E-state index in [0.29, 0.717) is 0 Å². The van der Waals surface area contributed by atoms with Gasteiger partial charge in [-0.2, -0.15) is 0 Å². The van der Waals surface area contributed by atoms with Crippen LogP contribution >= 0.6 is 0 Å². The van der Waals surface area contributed by atoms with Crippen molar-refractivity contribution < 1.29 is 62.6 Å². The monoisotopic (exact) mass is 285 g/mol. The van der Waals surface area contributed by atoms with Crippen LogP contribution in [0.4, 0.5) is 0 Å². The third-order valence-electron chi connectivity index (χ3n) is 1.21. The summed E-state index contributed by atoms with van der Waals surface area (Å²) < 4.78 is 9.51. The van der Waals surface area contributed by atoms with Crippen LogP contribution in [0.15, 0.2) is 0 Å². The van der Waals surface area contributed by atoms with Gasteiger partial charge in [-0.1, -0.05) is 0 Å². The minimum absolute atomic E-state index is 0. The van der Waals surface area contributed by atoms with E-state index in [0.717, 1.165) is 0 Å². The van der Waals surface area contributed by atoms with Crippen molar-refractivity contribution in [2.24, 2.45) is 0 Å². The number of aliphatic hydroxyl groups excluding tert-OH is 4. The van der Waals surface area contributed by atoms with Crippen molar-refractivity contribution in [2.75, 3.05) is 33.2 Å². The Morgan fingerprint density at radius 3 is 1.50 bits per heavy atom. The Morgan fingerprint density at radius 1 is 0.857 bits per heavy atom. The van der Waals surface area contributed by atoms with E-state index in [2.05, 4.69) is 0 Å². The van der Waals surface area contributed by atoms with E-state index >= 15 is 0 Å². The molecule has 2 atom stereocenters. The van der Waals surface area contributed by atoms with E-state index in [4.69, 9.17) is 29.9 Å². The minimum Gasteiger partial charge on any atom is -0.394 e. The first-order chi connectivity index (χ1) is 6.20. The summed E-state index contributed by atoms with van der Waals surface area (Å²) in [6.45, 7) is -0.857. The molecule has 4 N–H and O–H groups in total. The van der Waals surface area contributed by atoms with Gasteiger partial charge in [0.2, 0.25) is 0 Å². The smallest absolute Gasteiger partial charge is 0.146 e. The van der Waals surface area contributed by atoms with Gasteiger partial charge in [-0.05, 0) is 0 Å². The number of hydrogen-bond donors (Lipinski definition) is 4. The molecule has 6 nitrogen and oxygen atoms in total. The van der Waals surface area contributed by atoms with Crippen molar-refractivity contribution in [3.8, 4) is 0 Å². The van der Waals surface area contributed by atoms with Crippen LogP contribution in [0.3, 0.4) is 0 Å². The van der Waals surface area contributed by atoms with Gasteiger partial charge in [0, 0.05) is 32.7 Å². The number of ether oxygens (including phenoxy) is 2. The number of aliphatic hydroxyl groups is 4. The van der Waals surface area contributed by atoms with Gasteiger partial charge < -0.3 is 29.9 Å². The van der Waals surface area contributed by atoms with Gasteiger partial charge >= 0.3 is 0 Å². The molecule has 0 aromatic rings. The molecule has 0 rings (SSSR count). The van der Waals surface area contributed by atoms with Crippen molar-refractivity contribution in [3.63, 3.8) is 0 Å². The Morgan fingerprint density at radius 2 is 1.21 bits per heavy atom. The summed E-state index contributed by atoms with van der Waals surface area (Å²) in [7, 11) is 0. The molecular weight excluding hydrogens is 269 g/mol. The summed E-state index contributed by atoms with van der Waals surface area (Å²) in [5.74, 6) is 0. The standard InChI is InChI=1S/C7H16O6.Y/c8-1-6(10)3-12-5-13-4-7(11)2-9;/h6-11H,1-5H2;. The normalized spacial score (nSPS) is 14.6. The van der Waals surface area contributed by atoms with Crippen LogP contribution in [0.2, 0.25) is 0 Å². The molecule has 0 amide bonds. The summed E-state index contributed by atoms with van der Waals surface area (Å²) >= 11 is 0. The fourth-order valence-electron chi connectivity index (χ4n) is 0.533. The van der Waals surface area contributed by atoms with Gasteiger partial charge in [0.05, 0.1) is 26.4 Å². The Kier molecular flexibility index (Phi) is 14.7. The van der Waals surface area contributed by atoms with Crippen LogP contribution < -0.4 is 0 Å². The third kappa shape index (κ3) is 10.9. The average Bonchev–Trinajstić information content (AvgIpc) is 2.16. The zero-order valence-corrected chi connectivity index (χ0v) is 10.7. The zero-order valence-electron chi connectivity index (χ0n) is 7.87. The second-order valence-electron chi connectivity index (χ2n) is 2.53. The molecule has 0 aliphatic heterocycles. The van der Waals surface area contributed by atoms with Gasteiger partial charge in [0.25, 0.3) is 0 Å². The molecule has 2 unspecified atom stereocenters. The Hall–Kier alpha value is 0.864. The molecule has 0 aliphatic rings. The Labute approximate surface area is 108 Å². The molecule has 0 fully saturated rings. The maximum atomic E-state index is 8.79. The number of hydrogen-bond acceptors (Lipinski definition) is 6. The molecule has 1 radical (unpaired) electrons. The van der Waals surface area contributed by atoms with Crippen molar-refractivity contribution in [1.82, 2.24) is 0 Å². The second kappa shape index (κ2) is 11.9. The average molecular weight is 285 g/mol. The Bertz CT molecular complexity index is 102. The van der Waals surface area contributed by atoms with E-state index < -0.39 is 12.2 Å². The summed E-state index contributed by atoms with van der Waals surface area (Å²) in [6, 6.07) is 0. The van der Waals surface area contributed by atoms with Crippen molar-refractivity contribution >= 4 is 0 Å². The maximum Gasteiger partial charge on any atom is 0.146 e. The van der Waals surface area contributed by atoms with Gasteiger partial charge in [-0.25, -0.2) is 0 Å². The van der Waals surface area contributed by atoms with Crippen LogP contribution in [-0.4, -0.2) is 65.9 Å². The molecule has 7 heteroatoms. The van der Waals surface area contributed by atoms with Gasteiger partial charge in [-0.15, -0.1) is 0 Å². The van der Waals surface area contributed by atoms with Crippen LogP contribution in [0.25, 0.3) is 0 Å². The van der Waals surface area contributed by atoms with Crippen LogP contribution in [0, 0.1) is 0 Å². The summed E-state index contributed by atoms with van der Waals surface area (Å²) in [4.78, 5) is 0. The zero-order chi connectivity index (χ0) is 10.1. The molecule has 0 aromatic carbocycles. The van der Waals surface area contributed by atoms with E-state index in [1.807, 2.05) is 0 Å². The molecular formula is C7H16O6Y. The molecule has 0 aromatic heterocycles. The first-order valence-electron chi connectivity index (χ1n) is 3.94. The molecule has 83 valence electrons. The van der Waals surface area contributed by atoms with Crippen LogP contribution in [0.1, 0.15) is 0 Å². The quantitative estimate of drug-likeness (QED) is 0.295. The van der Waals surface area contributed by atoms with E-state index in [9.17, 15) is 0 Å². The molecule has 0 saturated carbocycles. The van der Waals surface area contributed by atoms with Crippen LogP contribution in [-0.2, 0) is 42.2 Å². The minimum atomic E-state index is -0.911. The summed E-state index contributed by atoms with van der Waals surface area (Å²) in [5, 5.41) is 34.3. The first kappa shape index (κ1) is 17.3. The molecule has 0 heterocycles. The van der Waals surface area contributed by atoms with E-state index in [1.165, 1.54) is 0 Å². The third-order valence-corrected chi connectivity index (χ3v) is 1.21. The maximum absolute atomic E-state index is 8.79. The molecule has 14 heavy (non-hydrogen) atoms. The largest absolute Gasteiger partial charge is 0.394 e. The second-order valence-corrected chi connectivity index (χ2v) is 2.53. The van der Waals surface area contributed by atoms with Gasteiger partial charge in [0.15, 0.2) is 0 Å². The molecule has 0 bridgehead atoms. The summed E-state index contributed by atoms with van der Waals surface area (Å²) in [5.41, 5.74) is 0. The predicted octanol–water partition coefficient (Wildman–Crippen LogP) is -2.32. The van der Waals surface area contributed by atoms with Crippen molar-refractivity contribution in [2.45, 2.75) is 12.2 Å².